The molecule has 0 radical (unpaired) electrons. The molecule has 7 atom stereocenters. The molecule has 0 nitrogen and oxygen atoms in total. The first-order chi connectivity index (χ1) is 13.7. The lowest BCUT2D eigenvalue weighted by Gasteiger charge is -2.87. The quantitative estimate of drug-likeness (QED) is 0.498. The fourth-order valence-corrected chi connectivity index (χ4v) is 15.9. The standard InChI is InChI=1S/C28H38/c1-13-2-15-3-14(1)10-27(9-13,11-15)26-17-6-22-19-8-18-20-4-16-5-21(18)25(23(19)7-17)28(26,12-16)24(20)22/h13-26H,1-12H2. The van der Waals surface area contributed by atoms with Crippen molar-refractivity contribution in [2.24, 2.45) is 93.7 Å². The van der Waals surface area contributed by atoms with Crippen LogP contribution in [-0.2, 0) is 0 Å². The summed E-state index contributed by atoms with van der Waals surface area (Å²) in [5.41, 5.74) is 1.77. The van der Waals surface area contributed by atoms with Crippen LogP contribution in [0.5, 0.6) is 0 Å². The van der Waals surface area contributed by atoms with Crippen molar-refractivity contribution in [1.29, 1.82) is 0 Å². The average Bonchev–Trinajstić information content (AvgIpc) is 2.65. The van der Waals surface area contributed by atoms with Crippen LogP contribution in [0.3, 0.4) is 0 Å². The summed E-state index contributed by atoms with van der Waals surface area (Å²) in [6.45, 7) is 0. The molecule has 1 spiro atoms. The smallest absolute Gasteiger partial charge is 0.0191 e. The molecule has 0 aromatic rings. The van der Waals surface area contributed by atoms with Gasteiger partial charge in [0.1, 0.15) is 0 Å². The van der Waals surface area contributed by atoms with E-state index in [1.54, 1.807) is 77.0 Å². The van der Waals surface area contributed by atoms with Gasteiger partial charge in [0.2, 0.25) is 0 Å². The zero-order valence-corrected chi connectivity index (χ0v) is 17.6. The van der Waals surface area contributed by atoms with Crippen LogP contribution in [0, 0.1) is 93.7 Å². The molecule has 15 bridgehead atoms. The molecule has 28 heavy (non-hydrogen) atoms. The summed E-state index contributed by atoms with van der Waals surface area (Å²) < 4.78 is 0. The van der Waals surface area contributed by atoms with Gasteiger partial charge in [-0.3, -0.25) is 0 Å². The molecule has 0 heterocycles. The molecule has 0 saturated heterocycles. The monoisotopic (exact) mass is 374 g/mol. The number of hydrogen-bond acceptors (Lipinski definition) is 0. The van der Waals surface area contributed by atoms with E-state index in [0.717, 1.165) is 10.8 Å². The minimum atomic E-state index is 0.860. The molecule has 0 aromatic carbocycles. The SMILES string of the molecule is C1C2CC3CC1CC(C1C4CC5C6CC7C8CC9CC7C(C6C4)C1(C9)C85)(C2)C3. The van der Waals surface area contributed by atoms with Gasteiger partial charge in [-0.15, -0.1) is 0 Å². The fourth-order valence-electron chi connectivity index (χ4n) is 15.9. The van der Waals surface area contributed by atoms with Crippen LogP contribution in [0.2, 0.25) is 0 Å². The predicted molar refractivity (Wildman–Crippen MR) is 109 cm³/mol. The Morgan fingerprint density at radius 3 is 1.50 bits per heavy atom. The summed E-state index contributed by atoms with van der Waals surface area (Å²) in [5.74, 6) is 17.0. The van der Waals surface area contributed by atoms with E-state index >= 15 is 0 Å². The molecule has 0 aromatic heterocycles. The lowest BCUT2D eigenvalue weighted by Crippen LogP contribution is -2.81. The Morgan fingerprint density at radius 2 is 0.929 bits per heavy atom. The summed E-state index contributed by atoms with van der Waals surface area (Å²) >= 11 is 0. The lowest BCUT2D eigenvalue weighted by molar-refractivity contribution is -0.388. The third kappa shape index (κ3) is 1.30. The van der Waals surface area contributed by atoms with Gasteiger partial charge in [0, 0.05) is 0 Å². The molecule has 0 amide bonds. The number of rotatable bonds is 1. The third-order valence-electron chi connectivity index (χ3n) is 14.6. The summed E-state index contributed by atoms with van der Waals surface area (Å²) in [4.78, 5) is 0. The molecule has 14 rings (SSSR count). The van der Waals surface area contributed by atoms with Crippen molar-refractivity contribution in [2.45, 2.75) is 77.0 Å². The first-order valence-electron chi connectivity index (χ1n) is 13.7. The molecule has 14 fully saturated rings. The first kappa shape index (κ1) is 14.9. The van der Waals surface area contributed by atoms with Gasteiger partial charge >= 0.3 is 0 Å². The minimum absolute atomic E-state index is 0.860. The largest absolute Gasteiger partial charge is 0.0475 e. The van der Waals surface area contributed by atoms with Gasteiger partial charge in [-0.1, -0.05) is 0 Å². The van der Waals surface area contributed by atoms with E-state index in [2.05, 4.69) is 0 Å². The van der Waals surface area contributed by atoms with E-state index in [9.17, 15) is 0 Å². The van der Waals surface area contributed by atoms with E-state index in [1.165, 1.54) is 82.9 Å². The minimum Gasteiger partial charge on any atom is -0.0475 e. The second-order valence-corrected chi connectivity index (χ2v) is 14.9. The molecule has 14 aliphatic rings. The summed E-state index contributed by atoms with van der Waals surface area (Å²) in [6.07, 6.45) is 20.4. The summed E-state index contributed by atoms with van der Waals surface area (Å²) in [6, 6.07) is 0. The van der Waals surface area contributed by atoms with Crippen molar-refractivity contribution < 1.29 is 0 Å². The highest BCUT2D eigenvalue weighted by Crippen LogP contribution is 2.88. The van der Waals surface area contributed by atoms with Gasteiger partial charge in [-0.05, 0) is 171 Å². The molecule has 7 unspecified atom stereocenters. The van der Waals surface area contributed by atoms with Gasteiger partial charge < -0.3 is 0 Å². The summed E-state index contributed by atoms with van der Waals surface area (Å²) in [7, 11) is 0. The van der Waals surface area contributed by atoms with Gasteiger partial charge in [0.25, 0.3) is 0 Å². The van der Waals surface area contributed by atoms with Crippen molar-refractivity contribution in [2.75, 3.05) is 0 Å². The maximum absolute atomic E-state index is 1.75. The zero-order chi connectivity index (χ0) is 17.6. The van der Waals surface area contributed by atoms with E-state index in [4.69, 9.17) is 0 Å². The lowest BCUT2D eigenvalue weighted by atomic mass is 9.18. The highest BCUT2D eigenvalue weighted by molar-refractivity contribution is 5.30. The van der Waals surface area contributed by atoms with E-state index in [0.29, 0.717) is 0 Å². The summed E-state index contributed by atoms with van der Waals surface area (Å²) in [5, 5.41) is 0. The van der Waals surface area contributed by atoms with E-state index in [-0.39, 0.29) is 0 Å². The Kier molecular flexibility index (Phi) is 2.23. The normalized spacial score (nSPS) is 78.0. The second-order valence-electron chi connectivity index (χ2n) is 14.9. The molecule has 0 aliphatic heterocycles. The van der Waals surface area contributed by atoms with E-state index in [1.807, 2.05) is 0 Å². The Morgan fingerprint density at radius 1 is 0.429 bits per heavy atom. The maximum atomic E-state index is 1.75. The van der Waals surface area contributed by atoms with Crippen LogP contribution in [0.25, 0.3) is 0 Å². The van der Waals surface area contributed by atoms with Crippen molar-refractivity contribution in [3.8, 4) is 0 Å². The first-order valence-corrected chi connectivity index (χ1v) is 13.7. The van der Waals surface area contributed by atoms with Crippen molar-refractivity contribution in [3.63, 3.8) is 0 Å². The van der Waals surface area contributed by atoms with Gasteiger partial charge in [0.05, 0.1) is 0 Å². The molecule has 0 heteroatoms. The van der Waals surface area contributed by atoms with Crippen LogP contribution < -0.4 is 0 Å². The van der Waals surface area contributed by atoms with Crippen LogP contribution in [-0.4, -0.2) is 0 Å². The Balaban J connectivity index is 1.21. The molecule has 150 valence electrons. The van der Waals surface area contributed by atoms with Crippen LogP contribution in [0.4, 0.5) is 0 Å². The van der Waals surface area contributed by atoms with Crippen molar-refractivity contribution in [3.05, 3.63) is 0 Å². The molecular weight excluding hydrogens is 336 g/mol. The van der Waals surface area contributed by atoms with Crippen LogP contribution in [0.1, 0.15) is 77.0 Å². The second kappa shape index (κ2) is 4.19. The van der Waals surface area contributed by atoms with Crippen LogP contribution in [0.15, 0.2) is 0 Å². The molecule has 14 aliphatic carbocycles. The fraction of sp³-hybridized carbons (Fsp3) is 1.00. The Hall–Kier alpha value is 0. The molecular formula is C28H38. The van der Waals surface area contributed by atoms with Crippen LogP contribution >= 0.6 is 0 Å². The Labute approximate surface area is 171 Å². The molecule has 14 saturated carbocycles. The van der Waals surface area contributed by atoms with Gasteiger partial charge in [0.15, 0.2) is 0 Å². The average molecular weight is 375 g/mol. The third-order valence-corrected chi connectivity index (χ3v) is 14.6. The van der Waals surface area contributed by atoms with E-state index < -0.39 is 0 Å². The van der Waals surface area contributed by atoms with Crippen molar-refractivity contribution >= 4 is 0 Å². The number of hydrogen-bond donors (Lipinski definition) is 0. The maximum Gasteiger partial charge on any atom is -0.0191 e. The topological polar surface area (TPSA) is 0 Å². The van der Waals surface area contributed by atoms with Gasteiger partial charge in [-0.2, -0.15) is 0 Å². The highest BCUT2D eigenvalue weighted by atomic mass is 14.9. The van der Waals surface area contributed by atoms with Crippen molar-refractivity contribution in [1.82, 2.24) is 0 Å². The highest BCUT2D eigenvalue weighted by Gasteiger charge is 2.82. The predicted octanol–water partition coefficient (Wildman–Crippen LogP) is 6.40. The molecule has 0 N–H and O–H groups in total. The van der Waals surface area contributed by atoms with Gasteiger partial charge in [-0.25, -0.2) is 0 Å². The zero-order valence-electron chi connectivity index (χ0n) is 17.6. The Bertz CT molecular complexity index is 711.